The third kappa shape index (κ3) is 56.2. The molecule has 0 aromatic carbocycles. The number of likely N-dealkylation sites (N-methyl/N-ethyl adjacent to an activating group) is 1. The molecule has 0 bridgehead atoms. The van der Waals surface area contributed by atoms with Crippen molar-refractivity contribution >= 4 is 0 Å². The predicted octanol–water partition coefficient (Wildman–Crippen LogP) is 4.80. The zero-order valence-electron chi connectivity index (χ0n) is 21.0. The quantitative estimate of drug-likeness (QED) is 0.346. The van der Waals surface area contributed by atoms with Crippen molar-refractivity contribution in [3.8, 4) is 0 Å². The Kier molecular flexibility index (Phi) is 77.2. The van der Waals surface area contributed by atoms with Crippen LogP contribution in [-0.4, -0.2) is 79.7 Å². The Morgan fingerprint density at radius 2 is 0.679 bits per heavy atom. The summed E-state index contributed by atoms with van der Waals surface area (Å²) in [6, 6.07) is 0. The van der Waals surface area contributed by atoms with E-state index in [1.807, 2.05) is 62.4 Å². The van der Waals surface area contributed by atoms with Gasteiger partial charge in [-0.2, -0.15) is 0 Å². The van der Waals surface area contributed by atoms with Crippen LogP contribution < -0.4 is 5.32 Å². The van der Waals surface area contributed by atoms with E-state index in [2.05, 4.69) is 12.2 Å². The van der Waals surface area contributed by atoms with Crippen molar-refractivity contribution in [3.63, 3.8) is 0 Å². The van der Waals surface area contributed by atoms with Crippen molar-refractivity contribution in [1.29, 1.82) is 0 Å². The van der Waals surface area contributed by atoms with E-state index in [0.29, 0.717) is 52.9 Å². The summed E-state index contributed by atoms with van der Waals surface area (Å²) < 4.78 is 26.7. The second-order valence-electron chi connectivity index (χ2n) is 4.17. The molecule has 0 heterocycles. The number of hydrogen-bond acceptors (Lipinski definition) is 6. The molecule has 0 atom stereocenters. The Hall–Kier alpha value is -0.240. The van der Waals surface area contributed by atoms with Crippen LogP contribution in [0.5, 0.6) is 0 Å². The lowest BCUT2D eigenvalue weighted by molar-refractivity contribution is -0.0107. The van der Waals surface area contributed by atoms with Gasteiger partial charge in [0.15, 0.2) is 0 Å². The smallest absolute Gasteiger partial charge is 0.0701 e. The van der Waals surface area contributed by atoms with E-state index in [4.69, 9.17) is 23.7 Å². The molecular weight excluding hydrogens is 358 g/mol. The van der Waals surface area contributed by atoms with Gasteiger partial charge in [-0.1, -0.05) is 62.3 Å². The zero-order valence-corrected chi connectivity index (χ0v) is 21.0. The van der Waals surface area contributed by atoms with Crippen LogP contribution in [0.4, 0.5) is 0 Å². The van der Waals surface area contributed by atoms with Gasteiger partial charge in [-0.05, 0) is 13.5 Å². The van der Waals surface area contributed by atoms with Crippen LogP contribution in [0.15, 0.2) is 0 Å². The fourth-order valence-electron chi connectivity index (χ4n) is 1.30. The molecule has 0 radical (unpaired) electrons. The van der Waals surface area contributed by atoms with E-state index in [9.17, 15) is 0 Å². The van der Waals surface area contributed by atoms with Gasteiger partial charge in [0.05, 0.1) is 59.5 Å². The van der Waals surface area contributed by atoms with Gasteiger partial charge in [0.25, 0.3) is 0 Å². The molecule has 0 saturated heterocycles. The van der Waals surface area contributed by atoms with E-state index < -0.39 is 0 Å². The maximum atomic E-state index is 5.36. The average Bonchev–Trinajstić information content (AvgIpc) is 2.79. The highest BCUT2D eigenvalue weighted by Gasteiger charge is 1.93. The number of ether oxygens (including phenoxy) is 5. The molecule has 0 aromatic rings. The summed E-state index contributed by atoms with van der Waals surface area (Å²) in [4.78, 5) is 0. The number of hydrogen-bond donors (Lipinski definition) is 1. The topological polar surface area (TPSA) is 58.2 Å². The third-order valence-corrected chi connectivity index (χ3v) is 2.33. The normalized spacial score (nSPS) is 8.79. The van der Waals surface area contributed by atoms with Gasteiger partial charge in [-0.15, -0.1) is 0 Å². The van der Waals surface area contributed by atoms with Gasteiger partial charge >= 0.3 is 0 Å². The molecule has 0 aliphatic carbocycles. The van der Waals surface area contributed by atoms with Gasteiger partial charge in [0.1, 0.15) is 0 Å². The van der Waals surface area contributed by atoms with Crippen molar-refractivity contribution in [1.82, 2.24) is 5.32 Å². The van der Waals surface area contributed by atoms with Crippen LogP contribution in [0, 0.1) is 0 Å². The van der Waals surface area contributed by atoms with Crippen LogP contribution in [-0.2, 0) is 23.7 Å². The van der Waals surface area contributed by atoms with Crippen molar-refractivity contribution in [3.05, 3.63) is 0 Å². The molecule has 28 heavy (non-hydrogen) atoms. The van der Waals surface area contributed by atoms with Crippen LogP contribution in [0.25, 0.3) is 0 Å². The van der Waals surface area contributed by atoms with E-state index in [1.54, 1.807) is 0 Å². The summed E-state index contributed by atoms with van der Waals surface area (Å²) in [7, 11) is 1.90. The molecule has 0 spiro atoms. The first-order valence-electron chi connectivity index (χ1n) is 11.4. The van der Waals surface area contributed by atoms with Gasteiger partial charge in [0, 0.05) is 13.2 Å². The Morgan fingerprint density at radius 1 is 0.429 bits per heavy atom. The summed E-state index contributed by atoms with van der Waals surface area (Å²) >= 11 is 0. The fraction of sp³-hybridized carbons (Fsp3) is 1.00. The molecule has 0 fully saturated rings. The van der Waals surface area contributed by atoms with E-state index >= 15 is 0 Å². The highest BCUT2D eigenvalue weighted by atomic mass is 16.6. The van der Waals surface area contributed by atoms with Crippen LogP contribution in [0.2, 0.25) is 0 Å². The van der Waals surface area contributed by atoms with Crippen molar-refractivity contribution < 1.29 is 23.7 Å². The predicted molar refractivity (Wildman–Crippen MR) is 124 cm³/mol. The van der Waals surface area contributed by atoms with Crippen molar-refractivity contribution in [2.24, 2.45) is 0 Å². The van der Waals surface area contributed by atoms with Gasteiger partial charge < -0.3 is 29.0 Å². The summed E-state index contributed by atoms with van der Waals surface area (Å²) in [6.45, 7) is 25.4. The fourth-order valence-corrected chi connectivity index (χ4v) is 1.30. The van der Waals surface area contributed by atoms with E-state index in [1.165, 1.54) is 0 Å². The molecule has 0 aliphatic heterocycles. The minimum atomic E-state index is 0.589. The average molecular weight is 414 g/mol. The second kappa shape index (κ2) is 56.3. The Balaban J connectivity index is -0.000000194. The largest absolute Gasteiger partial charge is 0.379 e. The lowest BCUT2D eigenvalue weighted by atomic mass is 10.5. The summed E-state index contributed by atoms with van der Waals surface area (Å²) in [6.07, 6.45) is 1.05. The summed E-state index contributed by atoms with van der Waals surface area (Å²) in [5, 5.41) is 3.01. The van der Waals surface area contributed by atoms with E-state index in [-0.39, 0.29) is 0 Å². The third-order valence-electron chi connectivity index (χ3n) is 2.33. The first-order chi connectivity index (χ1) is 13.9. The zero-order chi connectivity index (χ0) is 22.7. The Labute approximate surface area is 178 Å². The molecular formula is C22H55NO5. The minimum absolute atomic E-state index is 0.589. The molecule has 0 unspecified atom stereocenters. The van der Waals surface area contributed by atoms with Gasteiger partial charge in [-0.3, -0.25) is 0 Å². The summed E-state index contributed by atoms with van der Waals surface area (Å²) in [5.74, 6) is 0. The van der Waals surface area contributed by atoms with Crippen molar-refractivity contribution in [2.75, 3.05) is 79.7 Å². The first-order valence-corrected chi connectivity index (χ1v) is 11.4. The first kappa shape index (κ1) is 38.4. The lowest BCUT2D eigenvalue weighted by Gasteiger charge is -2.07. The Morgan fingerprint density at radius 3 is 0.929 bits per heavy atom. The molecule has 6 nitrogen and oxygen atoms in total. The lowest BCUT2D eigenvalue weighted by Crippen LogP contribution is -2.17. The van der Waals surface area contributed by atoms with Crippen molar-refractivity contribution in [2.45, 2.75) is 68.7 Å². The number of nitrogens with one attached hydrogen (secondary N) is 1. The highest BCUT2D eigenvalue weighted by Crippen LogP contribution is 1.84. The van der Waals surface area contributed by atoms with Gasteiger partial charge in [0.2, 0.25) is 0 Å². The SMILES string of the molecule is CC.CC.CC.CC.CCCOCCOCCOCCOCCOCCNC. The highest BCUT2D eigenvalue weighted by molar-refractivity contribution is 4.37. The summed E-state index contributed by atoms with van der Waals surface area (Å²) in [5.41, 5.74) is 0. The molecule has 6 heteroatoms. The standard InChI is InChI=1S/C14H31NO5.4C2H6/c1-3-5-16-7-9-18-11-13-20-14-12-19-10-8-17-6-4-15-2;4*1-2/h15H,3-14H2,1-2H3;4*1-2H3. The maximum Gasteiger partial charge on any atom is 0.0701 e. The molecule has 0 saturated carbocycles. The molecule has 0 rings (SSSR count). The molecule has 0 aromatic heterocycles. The van der Waals surface area contributed by atoms with Crippen LogP contribution >= 0.6 is 0 Å². The van der Waals surface area contributed by atoms with Gasteiger partial charge in [-0.25, -0.2) is 0 Å². The molecule has 0 aliphatic rings. The Bertz CT molecular complexity index is 157. The maximum absolute atomic E-state index is 5.36. The number of rotatable bonds is 17. The molecule has 0 amide bonds. The minimum Gasteiger partial charge on any atom is -0.379 e. The van der Waals surface area contributed by atoms with E-state index in [0.717, 1.165) is 26.2 Å². The second-order valence-corrected chi connectivity index (χ2v) is 4.17. The van der Waals surface area contributed by atoms with Crippen LogP contribution in [0.1, 0.15) is 68.7 Å². The molecule has 178 valence electrons. The molecule has 1 N–H and O–H groups in total. The monoisotopic (exact) mass is 413 g/mol. The van der Waals surface area contributed by atoms with Crippen LogP contribution in [0.3, 0.4) is 0 Å².